The SMILES string of the molecule is CCCCCCCCCCC(CCCCCCCC)COCC(O)CC. The van der Waals surface area contributed by atoms with Crippen LogP contribution in [-0.4, -0.2) is 24.4 Å². The summed E-state index contributed by atoms with van der Waals surface area (Å²) in [5, 5.41) is 9.68. The molecule has 1 N–H and O–H groups in total. The quantitative estimate of drug-likeness (QED) is 0.210. The van der Waals surface area contributed by atoms with Gasteiger partial charge in [-0.05, 0) is 25.2 Å². The lowest BCUT2D eigenvalue weighted by atomic mass is 9.94. The first-order valence-electron chi connectivity index (χ1n) is 12.0. The number of ether oxygens (including phenoxy) is 1. The molecule has 2 nitrogen and oxygen atoms in total. The third kappa shape index (κ3) is 18.7. The molecule has 0 saturated carbocycles. The Labute approximate surface area is 165 Å². The summed E-state index contributed by atoms with van der Waals surface area (Å²) in [5.74, 6) is 0.699. The van der Waals surface area contributed by atoms with Crippen molar-refractivity contribution in [2.75, 3.05) is 13.2 Å². The highest BCUT2D eigenvalue weighted by Crippen LogP contribution is 2.20. The number of aliphatic hydroxyl groups is 1. The summed E-state index contributed by atoms with van der Waals surface area (Å²) < 4.78 is 5.82. The van der Waals surface area contributed by atoms with Gasteiger partial charge >= 0.3 is 0 Å². The van der Waals surface area contributed by atoms with Crippen LogP contribution >= 0.6 is 0 Å². The van der Waals surface area contributed by atoms with Crippen molar-refractivity contribution in [2.45, 2.75) is 136 Å². The number of unbranched alkanes of at least 4 members (excludes halogenated alkanes) is 12. The minimum Gasteiger partial charge on any atom is -0.391 e. The van der Waals surface area contributed by atoms with Crippen molar-refractivity contribution < 1.29 is 9.84 Å². The van der Waals surface area contributed by atoms with Crippen molar-refractivity contribution in [1.82, 2.24) is 0 Å². The molecule has 26 heavy (non-hydrogen) atoms. The van der Waals surface area contributed by atoms with E-state index in [1.807, 2.05) is 6.92 Å². The fraction of sp³-hybridized carbons (Fsp3) is 1.00. The maximum Gasteiger partial charge on any atom is 0.0771 e. The van der Waals surface area contributed by atoms with Gasteiger partial charge in [0, 0.05) is 6.61 Å². The Morgan fingerprint density at radius 3 is 1.42 bits per heavy atom. The number of hydrogen-bond acceptors (Lipinski definition) is 2. The molecule has 2 heteroatoms. The summed E-state index contributed by atoms with van der Waals surface area (Å²) in [7, 11) is 0. The van der Waals surface area contributed by atoms with E-state index < -0.39 is 0 Å². The molecule has 2 atom stereocenters. The van der Waals surface area contributed by atoms with Gasteiger partial charge in [-0.25, -0.2) is 0 Å². The van der Waals surface area contributed by atoms with E-state index >= 15 is 0 Å². The maximum atomic E-state index is 9.68. The minimum absolute atomic E-state index is 0.284. The summed E-state index contributed by atoms with van der Waals surface area (Å²) in [6.07, 6.45) is 22.5. The second-order valence-corrected chi connectivity index (χ2v) is 8.29. The molecule has 0 aromatic rings. The monoisotopic (exact) mass is 370 g/mol. The highest BCUT2D eigenvalue weighted by molar-refractivity contribution is 4.61. The lowest BCUT2D eigenvalue weighted by molar-refractivity contribution is 0.0164. The molecule has 2 unspecified atom stereocenters. The summed E-state index contributed by atoms with van der Waals surface area (Å²) in [6, 6.07) is 0. The second kappa shape index (κ2) is 21.2. The van der Waals surface area contributed by atoms with Crippen molar-refractivity contribution in [2.24, 2.45) is 5.92 Å². The second-order valence-electron chi connectivity index (χ2n) is 8.29. The van der Waals surface area contributed by atoms with Gasteiger partial charge in [0.05, 0.1) is 12.7 Å². The molecule has 0 heterocycles. The van der Waals surface area contributed by atoms with Crippen LogP contribution in [0.1, 0.15) is 130 Å². The molecular weight excluding hydrogens is 320 g/mol. The number of aliphatic hydroxyl groups excluding tert-OH is 1. The van der Waals surface area contributed by atoms with E-state index in [1.165, 1.54) is 103 Å². The van der Waals surface area contributed by atoms with Crippen LogP contribution in [-0.2, 0) is 4.74 Å². The van der Waals surface area contributed by atoms with Crippen LogP contribution in [0.15, 0.2) is 0 Å². The van der Waals surface area contributed by atoms with Gasteiger partial charge in [-0.3, -0.25) is 0 Å². The molecule has 0 spiro atoms. The first-order valence-corrected chi connectivity index (χ1v) is 12.0. The topological polar surface area (TPSA) is 29.5 Å². The maximum absolute atomic E-state index is 9.68. The van der Waals surface area contributed by atoms with E-state index in [0.29, 0.717) is 12.5 Å². The first-order chi connectivity index (χ1) is 12.7. The van der Waals surface area contributed by atoms with Gasteiger partial charge in [-0.2, -0.15) is 0 Å². The third-order valence-corrected chi connectivity index (χ3v) is 5.57. The molecule has 0 bridgehead atoms. The zero-order valence-electron chi connectivity index (χ0n) is 18.4. The van der Waals surface area contributed by atoms with E-state index in [9.17, 15) is 5.11 Å². The molecule has 0 aliphatic rings. The zero-order chi connectivity index (χ0) is 19.3. The Balaban J connectivity index is 3.81. The summed E-state index contributed by atoms with van der Waals surface area (Å²) >= 11 is 0. The van der Waals surface area contributed by atoms with Crippen molar-refractivity contribution in [1.29, 1.82) is 0 Å². The molecule has 0 aliphatic carbocycles. The number of rotatable bonds is 21. The first kappa shape index (κ1) is 25.9. The van der Waals surface area contributed by atoms with Gasteiger partial charge in [-0.1, -0.05) is 111 Å². The van der Waals surface area contributed by atoms with Crippen LogP contribution in [0.3, 0.4) is 0 Å². The minimum atomic E-state index is -0.284. The van der Waals surface area contributed by atoms with Crippen LogP contribution < -0.4 is 0 Å². The Hall–Kier alpha value is -0.0800. The van der Waals surface area contributed by atoms with Gasteiger partial charge in [0.25, 0.3) is 0 Å². The van der Waals surface area contributed by atoms with Crippen LogP contribution in [0.2, 0.25) is 0 Å². The summed E-state index contributed by atoms with van der Waals surface area (Å²) in [6.45, 7) is 7.94. The fourth-order valence-corrected chi connectivity index (χ4v) is 3.58. The Morgan fingerprint density at radius 2 is 1.00 bits per heavy atom. The molecule has 0 aromatic carbocycles. The molecule has 0 aliphatic heterocycles. The van der Waals surface area contributed by atoms with E-state index in [0.717, 1.165) is 13.0 Å². The molecule has 0 saturated heterocycles. The summed E-state index contributed by atoms with van der Waals surface area (Å²) in [5.41, 5.74) is 0. The predicted octanol–water partition coefficient (Wildman–Crippen LogP) is 7.67. The van der Waals surface area contributed by atoms with Crippen molar-refractivity contribution in [3.63, 3.8) is 0 Å². The lowest BCUT2D eigenvalue weighted by Gasteiger charge is -2.18. The third-order valence-electron chi connectivity index (χ3n) is 5.57. The Bertz CT molecular complexity index is 255. The van der Waals surface area contributed by atoms with E-state index in [4.69, 9.17) is 4.74 Å². The number of hydrogen-bond donors (Lipinski definition) is 1. The van der Waals surface area contributed by atoms with Crippen LogP contribution in [0.5, 0.6) is 0 Å². The summed E-state index contributed by atoms with van der Waals surface area (Å²) in [4.78, 5) is 0. The van der Waals surface area contributed by atoms with Gasteiger partial charge in [-0.15, -0.1) is 0 Å². The average Bonchev–Trinajstić information content (AvgIpc) is 2.65. The molecule has 158 valence electrons. The molecule has 0 aromatic heterocycles. The largest absolute Gasteiger partial charge is 0.391 e. The predicted molar refractivity (Wildman–Crippen MR) is 116 cm³/mol. The standard InChI is InChI=1S/C24H50O2/c1-4-7-9-11-13-14-16-18-20-23(21-26-22-24(25)6-3)19-17-15-12-10-8-5-2/h23-25H,4-22H2,1-3H3. The lowest BCUT2D eigenvalue weighted by Crippen LogP contribution is -2.18. The van der Waals surface area contributed by atoms with Gasteiger partial charge in [0.1, 0.15) is 0 Å². The van der Waals surface area contributed by atoms with Gasteiger partial charge in [0.2, 0.25) is 0 Å². The molecule has 0 radical (unpaired) electrons. The molecule has 0 fully saturated rings. The van der Waals surface area contributed by atoms with Crippen LogP contribution in [0.4, 0.5) is 0 Å². The fourth-order valence-electron chi connectivity index (χ4n) is 3.58. The van der Waals surface area contributed by atoms with E-state index in [1.54, 1.807) is 0 Å². The van der Waals surface area contributed by atoms with Crippen molar-refractivity contribution in [3.8, 4) is 0 Å². The highest BCUT2D eigenvalue weighted by atomic mass is 16.5. The van der Waals surface area contributed by atoms with Gasteiger partial charge < -0.3 is 9.84 Å². The molecular formula is C24H50O2. The van der Waals surface area contributed by atoms with E-state index in [2.05, 4.69) is 13.8 Å². The van der Waals surface area contributed by atoms with Crippen molar-refractivity contribution >= 4 is 0 Å². The smallest absolute Gasteiger partial charge is 0.0771 e. The molecule has 0 amide bonds. The Morgan fingerprint density at radius 1 is 0.577 bits per heavy atom. The van der Waals surface area contributed by atoms with E-state index in [-0.39, 0.29) is 6.10 Å². The molecule has 0 rings (SSSR count). The van der Waals surface area contributed by atoms with Gasteiger partial charge in [0.15, 0.2) is 0 Å². The van der Waals surface area contributed by atoms with Crippen LogP contribution in [0, 0.1) is 5.92 Å². The zero-order valence-corrected chi connectivity index (χ0v) is 18.4. The normalized spacial score (nSPS) is 13.8. The average molecular weight is 371 g/mol. The van der Waals surface area contributed by atoms with Crippen LogP contribution in [0.25, 0.3) is 0 Å². The Kier molecular flexibility index (Phi) is 21.2. The van der Waals surface area contributed by atoms with Crippen molar-refractivity contribution in [3.05, 3.63) is 0 Å². The highest BCUT2D eigenvalue weighted by Gasteiger charge is 2.10.